The highest BCUT2D eigenvalue weighted by atomic mass is 16.3. The largest absolute Gasteiger partial charge is 0.389 e. The fourth-order valence-corrected chi connectivity index (χ4v) is 3.39. The highest BCUT2D eigenvalue weighted by molar-refractivity contribution is 4.87. The Balaban J connectivity index is 1.70. The van der Waals surface area contributed by atoms with Gasteiger partial charge in [0.05, 0.1) is 5.60 Å². The molecule has 0 unspecified atom stereocenters. The maximum Gasteiger partial charge on any atom is 0.0771 e. The van der Waals surface area contributed by atoms with E-state index in [1.54, 1.807) is 0 Å². The maximum atomic E-state index is 10.4. The molecule has 0 aromatic carbocycles. The first-order valence-electron chi connectivity index (χ1n) is 7.05. The van der Waals surface area contributed by atoms with E-state index in [2.05, 4.69) is 12.2 Å². The zero-order valence-corrected chi connectivity index (χ0v) is 10.7. The van der Waals surface area contributed by atoms with E-state index in [9.17, 15) is 5.11 Å². The molecule has 0 aromatic heterocycles. The fourth-order valence-electron chi connectivity index (χ4n) is 3.39. The zero-order valence-electron chi connectivity index (χ0n) is 10.7. The summed E-state index contributed by atoms with van der Waals surface area (Å²) < 4.78 is 0. The summed E-state index contributed by atoms with van der Waals surface area (Å²) in [4.78, 5) is 0. The fraction of sp³-hybridized carbons (Fsp3) is 1.00. The molecule has 0 atom stereocenters. The van der Waals surface area contributed by atoms with Gasteiger partial charge in [-0.1, -0.05) is 39.0 Å². The Labute approximate surface area is 99.8 Å². The molecule has 0 spiro atoms. The van der Waals surface area contributed by atoms with Crippen LogP contribution in [0.3, 0.4) is 0 Å². The van der Waals surface area contributed by atoms with Crippen molar-refractivity contribution in [3.63, 3.8) is 0 Å². The molecule has 0 amide bonds. The van der Waals surface area contributed by atoms with Crippen molar-refractivity contribution in [3.05, 3.63) is 0 Å². The first kappa shape index (κ1) is 12.4. The predicted molar refractivity (Wildman–Crippen MR) is 67.5 cm³/mol. The van der Waals surface area contributed by atoms with E-state index in [-0.39, 0.29) is 0 Å². The number of hydrogen-bond acceptors (Lipinski definition) is 2. The average Bonchev–Trinajstić information content (AvgIpc) is 2.66. The van der Waals surface area contributed by atoms with E-state index in [0.29, 0.717) is 5.41 Å². The third-order valence-corrected chi connectivity index (χ3v) is 4.60. The molecule has 2 fully saturated rings. The molecule has 0 aliphatic heterocycles. The summed E-state index contributed by atoms with van der Waals surface area (Å²) in [6.45, 7) is 4.29. The first-order chi connectivity index (χ1) is 7.62. The lowest BCUT2D eigenvalue weighted by atomic mass is 9.84. The van der Waals surface area contributed by atoms with Crippen molar-refractivity contribution in [2.24, 2.45) is 5.41 Å². The van der Waals surface area contributed by atoms with Gasteiger partial charge in [-0.05, 0) is 31.1 Å². The molecule has 2 aliphatic carbocycles. The third-order valence-electron chi connectivity index (χ3n) is 4.60. The van der Waals surface area contributed by atoms with E-state index in [1.165, 1.54) is 44.9 Å². The predicted octanol–water partition coefficient (Wildman–Crippen LogP) is 2.85. The Kier molecular flexibility index (Phi) is 3.91. The summed E-state index contributed by atoms with van der Waals surface area (Å²) in [5.74, 6) is 0. The van der Waals surface area contributed by atoms with Gasteiger partial charge in [0.25, 0.3) is 0 Å². The minimum Gasteiger partial charge on any atom is -0.389 e. The molecule has 16 heavy (non-hydrogen) atoms. The van der Waals surface area contributed by atoms with Crippen LogP contribution in [0.15, 0.2) is 0 Å². The van der Waals surface area contributed by atoms with Crippen molar-refractivity contribution >= 4 is 0 Å². The molecule has 2 rings (SSSR count). The van der Waals surface area contributed by atoms with Crippen LogP contribution in [-0.2, 0) is 0 Å². The quantitative estimate of drug-likeness (QED) is 0.771. The number of hydrogen-bond donors (Lipinski definition) is 2. The Hall–Kier alpha value is -0.0800. The molecule has 2 saturated carbocycles. The van der Waals surface area contributed by atoms with Crippen LogP contribution in [0.2, 0.25) is 0 Å². The minimum atomic E-state index is -0.396. The van der Waals surface area contributed by atoms with Gasteiger partial charge in [-0.3, -0.25) is 0 Å². The topological polar surface area (TPSA) is 32.3 Å². The lowest BCUT2D eigenvalue weighted by Crippen LogP contribution is -2.44. The van der Waals surface area contributed by atoms with Gasteiger partial charge < -0.3 is 10.4 Å². The standard InChI is InChI=1S/C14H27NO/c1-13(7-5-6-8-13)11-15-12-14(16)9-3-2-4-10-14/h15-16H,2-12H2,1H3. The molecular formula is C14H27NO. The van der Waals surface area contributed by atoms with Crippen molar-refractivity contribution in [3.8, 4) is 0 Å². The summed E-state index contributed by atoms with van der Waals surface area (Å²) >= 11 is 0. The van der Waals surface area contributed by atoms with Crippen LogP contribution in [0.4, 0.5) is 0 Å². The first-order valence-corrected chi connectivity index (χ1v) is 7.05. The summed E-state index contributed by atoms with van der Waals surface area (Å²) in [5.41, 5.74) is 0.109. The number of aliphatic hydroxyl groups is 1. The lowest BCUT2D eigenvalue weighted by molar-refractivity contribution is 0.00313. The SMILES string of the molecule is CC1(CNCC2(O)CCCCC2)CCCC1. The third kappa shape index (κ3) is 3.21. The Morgan fingerprint density at radius 2 is 1.44 bits per heavy atom. The van der Waals surface area contributed by atoms with Crippen LogP contribution in [0.1, 0.15) is 64.7 Å². The smallest absolute Gasteiger partial charge is 0.0771 e. The van der Waals surface area contributed by atoms with E-state index >= 15 is 0 Å². The van der Waals surface area contributed by atoms with Crippen LogP contribution >= 0.6 is 0 Å². The Bertz CT molecular complexity index is 215. The second-order valence-corrected chi connectivity index (χ2v) is 6.41. The Morgan fingerprint density at radius 1 is 0.875 bits per heavy atom. The van der Waals surface area contributed by atoms with Gasteiger partial charge in [-0.2, -0.15) is 0 Å². The van der Waals surface area contributed by atoms with Crippen LogP contribution in [0.25, 0.3) is 0 Å². The number of nitrogens with one attached hydrogen (secondary N) is 1. The van der Waals surface area contributed by atoms with E-state index in [4.69, 9.17) is 0 Å². The normalized spacial score (nSPS) is 28.1. The van der Waals surface area contributed by atoms with Gasteiger partial charge in [0.2, 0.25) is 0 Å². The second-order valence-electron chi connectivity index (χ2n) is 6.41. The average molecular weight is 225 g/mol. The van der Waals surface area contributed by atoms with Crippen molar-refractivity contribution in [1.82, 2.24) is 5.32 Å². The van der Waals surface area contributed by atoms with Gasteiger partial charge in [0, 0.05) is 13.1 Å². The van der Waals surface area contributed by atoms with E-state index < -0.39 is 5.60 Å². The molecule has 2 nitrogen and oxygen atoms in total. The monoisotopic (exact) mass is 225 g/mol. The molecule has 2 aliphatic rings. The van der Waals surface area contributed by atoms with Gasteiger partial charge in [0.15, 0.2) is 0 Å². The molecule has 0 aromatic rings. The van der Waals surface area contributed by atoms with Gasteiger partial charge in [-0.15, -0.1) is 0 Å². The molecule has 0 heterocycles. The second kappa shape index (κ2) is 5.05. The van der Waals surface area contributed by atoms with Crippen LogP contribution in [0, 0.1) is 5.41 Å². The highest BCUT2D eigenvalue weighted by Crippen LogP contribution is 2.37. The van der Waals surface area contributed by atoms with Crippen LogP contribution < -0.4 is 5.32 Å². The van der Waals surface area contributed by atoms with Crippen molar-refractivity contribution in [2.45, 2.75) is 70.3 Å². The molecular weight excluding hydrogens is 198 g/mol. The van der Waals surface area contributed by atoms with E-state index in [1.807, 2.05) is 0 Å². The van der Waals surface area contributed by atoms with Gasteiger partial charge in [0.1, 0.15) is 0 Å². The van der Waals surface area contributed by atoms with Crippen molar-refractivity contribution in [2.75, 3.05) is 13.1 Å². The summed E-state index contributed by atoms with van der Waals surface area (Å²) in [6.07, 6.45) is 11.2. The molecule has 0 bridgehead atoms. The van der Waals surface area contributed by atoms with Crippen molar-refractivity contribution < 1.29 is 5.11 Å². The van der Waals surface area contributed by atoms with Crippen LogP contribution in [-0.4, -0.2) is 23.8 Å². The summed E-state index contributed by atoms with van der Waals surface area (Å²) in [6, 6.07) is 0. The van der Waals surface area contributed by atoms with Crippen molar-refractivity contribution in [1.29, 1.82) is 0 Å². The Morgan fingerprint density at radius 3 is 2.06 bits per heavy atom. The van der Waals surface area contributed by atoms with E-state index in [0.717, 1.165) is 25.9 Å². The van der Waals surface area contributed by atoms with Gasteiger partial charge in [-0.25, -0.2) is 0 Å². The molecule has 2 N–H and O–H groups in total. The highest BCUT2D eigenvalue weighted by Gasteiger charge is 2.31. The molecule has 2 heteroatoms. The molecule has 0 saturated heterocycles. The minimum absolute atomic E-state index is 0.396. The maximum absolute atomic E-state index is 10.4. The molecule has 94 valence electrons. The molecule has 0 radical (unpaired) electrons. The van der Waals surface area contributed by atoms with Gasteiger partial charge >= 0.3 is 0 Å². The van der Waals surface area contributed by atoms with Crippen LogP contribution in [0.5, 0.6) is 0 Å². The summed E-state index contributed by atoms with van der Waals surface area (Å²) in [7, 11) is 0. The lowest BCUT2D eigenvalue weighted by Gasteiger charge is -2.34. The summed E-state index contributed by atoms with van der Waals surface area (Å²) in [5, 5.41) is 13.9. The zero-order chi connectivity index (χ0) is 11.5. The number of rotatable bonds is 4.